The van der Waals surface area contributed by atoms with Crippen LogP contribution >= 0.6 is 11.6 Å². The van der Waals surface area contributed by atoms with E-state index in [1.54, 1.807) is 0 Å². The van der Waals surface area contributed by atoms with E-state index in [0.717, 1.165) is 18.0 Å². The van der Waals surface area contributed by atoms with Gasteiger partial charge in [-0.2, -0.15) is 0 Å². The molecule has 84 valence electrons. The summed E-state index contributed by atoms with van der Waals surface area (Å²) in [5, 5.41) is 4.11. The number of benzene rings is 1. The zero-order valence-corrected chi connectivity index (χ0v) is 10.3. The third kappa shape index (κ3) is 3.84. The van der Waals surface area contributed by atoms with Gasteiger partial charge in [0, 0.05) is 5.02 Å². The van der Waals surface area contributed by atoms with Crippen molar-refractivity contribution >= 4 is 11.6 Å². The van der Waals surface area contributed by atoms with Gasteiger partial charge in [0.15, 0.2) is 0 Å². The van der Waals surface area contributed by atoms with E-state index >= 15 is 0 Å². The highest BCUT2D eigenvalue weighted by Crippen LogP contribution is 2.30. The summed E-state index contributed by atoms with van der Waals surface area (Å²) in [6.07, 6.45) is 3.58. The quantitative estimate of drug-likeness (QED) is 0.776. The second-order valence-electron chi connectivity index (χ2n) is 3.90. The second-order valence-corrected chi connectivity index (χ2v) is 4.31. The van der Waals surface area contributed by atoms with Gasteiger partial charge >= 0.3 is 0 Å². The number of halogens is 1. The summed E-state index contributed by atoms with van der Waals surface area (Å²) in [4.78, 5) is 0. The topological polar surface area (TPSA) is 12.0 Å². The highest BCUT2D eigenvalue weighted by Gasteiger charge is 2.12. The van der Waals surface area contributed by atoms with E-state index in [4.69, 9.17) is 11.6 Å². The Balaban J connectivity index is 2.74. The summed E-state index contributed by atoms with van der Waals surface area (Å²) in [5.74, 6) is 0.594. The van der Waals surface area contributed by atoms with Crippen molar-refractivity contribution in [3.05, 3.63) is 34.9 Å². The molecular weight excluding hydrogens is 206 g/mol. The van der Waals surface area contributed by atoms with Crippen molar-refractivity contribution in [1.29, 1.82) is 0 Å². The lowest BCUT2D eigenvalue weighted by Gasteiger charge is -2.17. The van der Waals surface area contributed by atoms with Crippen molar-refractivity contribution in [3.63, 3.8) is 0 Å². The molecule has 1 nitrogen and oxygen atoms in total. The molecule has 0 aliphatic rings. The second kappa shape index (κ2) is 6.86. The SMILES string of the molecule is CCCC(CCNC)c1ccccc1Cl. The Bertz CT molecular complexity index is 286. The number of hydrogen-bond acceptors (Lipinski definition) is 1. The molecule has 1 aromatic carbocycles. The fraction of sp³-hybridized carbons (Fsp3) is 0.538. The Hall–Kier alpha value is -0.530. The summed E-state index contributed by atoms with van der Waals surface area (Å²) >= 11 is 6.21. The molecule has 1 N–H and O–H groups in total. The van der Waals surface area contributed by atoms with Crippen molar-refractivity contribution in [3.8, 4) is 0 Å². The van der Waals surface area contributed by atoms with E-state index in [0.29, 0.717) is 5.92 Å². The van der Waals surface area contributed by atoms with Gasteiger partial charge in [-0.3, -0.25) is 0 Å². The molecule has 1 rings (SSSR count). The Morgan fingerprint density at radius 2 is 2.00 bits per heavy atom. The highest BCUT2D eigenvalue weighted by molar-refractivity contribution is 6.31. The molecule has 1 unspecified atom stereocenters. The first-order valence-electron chi connectivity index (χ1n) is 5.68. The Morgan fingerprint density at radius 3 is 2.60 bits per heavy atom. The molecule has 0 radical (unpaired) electrons. The van der Waals surface area contributed by atoms with Crippen LogP contribution in [-0.2, 0) is 0 Å². The van der Waals surface area contributed by atoms with Crippen LogP contribution in [0.25, 0.3) is 0 Å². The van der Waals surface area contributed by atoms with Crippen LogP contribution in [0, 0.1) is 0 Å². The molecular formula is C13H20ClN. The van der Waals surface area contributed by atoms with Gasteiger partial charge in [-0.15, -0.1) is 0 Å². The normalized spacial score (nSPS) is 12.7. The van der Waals surface area contributed by atoms with E-state index < -0.39 is 0 Å². The van der Waals surface area contributed by atoms with Crippen LogP contribution in [-0.4, -0.2) is 13.6 Å². The first-order valence-corrected chi connectivity index (χ1v) is 6.06. The van der Waals surface area contributed by atoms with E-state index in [2.05, 4.69) is 24.4 Å². The fourth-order valence-electron chi connectivity index (χ4n) is 1.93. The highest BCUT2D eigenvalue weighted by atomic mass is 35.5. The van der Waals surface area contributed by atoms with Gasteiger partial charge in [-0.1, -0.05) is 43.1 Å². The maximum Gasteiger partial charge on any atom is 0.0440 e. The summed E-state index contributed by atoms with van der Waals surface area (Å²) < 4.78 is 0. The summed E-state index contributed by atoms with van der Waals surface area (Å²) in [6, 6.07) is 8.20. The van der Waals surface area contributed by atoms with Crippen LogP contribution in [0.4, 0.5) is 0 Å². The molecule has 0 amide bonds. The van der Waals surface area contributed by atoms with Crippen LogP contribution in [0.15, 0.2) is 24.3 Å². The largest absolute Gasteiger partial charge is 0.320 e. The van der Waals surface area contributed by atoms with Gasteiger partial charge in [-0.25, -0.2) is 0 Å². The molecule has 0 bridgehead atoms. The number of hydrogen-bond donors (Lipinski definition) is 1. The minimum atomic E-state index is 0.594. The third-order valence-electron chi connectivity index (χ3n) is 2.72. The van der Waals surface area contributed by atoms with Crippen LogP contribution in [0.2, 0.25) is 5.02 Å². The molecule has 0 saturated carbocycles. The zero-order valence-electron chi connectivity index (χ0n) is 9.59. The average molecular weight is 226 g/mol. The molecule has 1 atom stereocenters. The molecule has 0 fully saturated rings. The monoisotopic (exact) mass is 225 g/mol. The average Bonchev–Trinajstić information content (AvgIpc) is 2.25. The van der Waals surface area contributed by atoms with Crippen LogP contribution in [0.1, 0.15) is 37.7 Å². The lowest BCUT2D eigenvalue weighted by Crippen LogP contribution is -2.12. The van der Waals surface area contributed by atoms with Gasteiger partial charge in [0.05, 0.1) is 0 Å². The fourth-order valence-corrected chi connectivity index (χ4v) is 2.22. The summed E-state index contributed by atoms with van der Waals surface area (Å²) in [7, 11) is 2.00. The molecule has 0 aliphatic heterocycles. The maximum absolute atomic E-state index is 6.21. The number of nitrogens with one attached hydrogen (secondary N) is 1. The lowest BCUT2D eigenvalue weighted by atomic mass is 9.91. The Labute approximate surface area is 97.8 Å². The van der Waals surface area contributed by atoms with Gasteiger partial charge in [0.25, 0.3) is 0 Å². The van der Waals surface area contributed by atoms with Crippen molar-refractivity contribution in [2.24, 2.45) is 0 Å². The Morgan fingerprint density at radius 1 is 1.27 bits per heavy atom. The molecule has 0 aliphatic carbocycles. The lowest BCUT2D eigenvalue weighted by molar-refractivity contribution is 0.551. The van der Waals surface area contributed by atoms with E-state index in [1.165, 1.54) is 18.4 Å². The molecule has 0 aromatic heterocycles. The molecule has 2 heteroatoms. The molecule has 1 aromatic rings. The first kappa shape index (κ1) is 12.5. The first-order chi connectivity index (χ1) is 7.29. The summed E-state index contributed by atoms with van der Waals surface area (Å²) in [6.45, 7) is 3.28. The zero-order chi connectivity index (χ0) is 11.1. The summed E-state index contributed by atoms with van der Waals surface area (Å²) in [5.41, 5.74) is 1.30. The minimum Gasteiger partial charge on any atom is -0.320 e. The van der Waals surface area contributed by atoms with Crippen molar-refractivity contribution < 1.29 is 0 Å². The predicted octanol–water partition coefficient (Wildman–Crippen LogP) is 3.83. The molecule has 0 spiro atoms. The van der Waals surface area contributed by atoms with Crippen LogP contribution < -0.4 is 5.32 Å². The Kier molecular flexibility index (Phi) is 5.74. The van der Waals surface area contributed by atoms with Gasteiger partial charge in [0.1, 0.15) is 0 Å². The maximum atomic E-state index is 6.21. The smallest absolute Gasteiger partial charge is 0.0440 e. The van der Waals surface area contributed by atoms with E-state index in [1.807, 2.05) is 19.2 Å². The van der Waals surface area contributed by atoms with Crippen molar-refractivity contribution in [1.82, 2.24) is 5.32 Å². The van der Waals surface area contributed by atoms with E-state index in [9.17, 15) is 0 Å². The standard InChI is InChI=1S/C13H20ClN/c1-3-6-11(9-10-15-2)12-7-4-5-8-13(12)14/h4-5,7-8,11,15H,3,6,9-10H2,1-2H3. The minimum absolute atomic E-state index is 0.594. The molecule has 15 heavy (non-hydrogen) atoms. The van der Waals surface area contributed by atoms with Crippen molar-refractivity contribution in [2.75, 3.05) is 13.6 Å². The van der Waals surface area contributed by atoms with Crippen molar-refractivity contribution in [2.45, 2.75) is 32.1 Å². The van der Waals surface area contributed by atoms with E-state index in [-0.39, 0.29) is 0 Å². The van der Waals surface area contributed by atoms with Crippen LogP contribution in [0.3, 0.4) is 0 Å². The third-order valence-corrected chi connectivity index (χ3v) is 3.07. The van der Waals surface area contributed by atoms with Gasteiger partial charge in [0.2, 0.25) is 0 Å². The molecule has 0 heterocycles. The predicted molar refractivity (Wildman–Crippen MR) is 67.6 cm³/mol. The van der Waals surface area contributed by atoms with Gasteiger partial charge in [-0.05, 0) is 44.0 Å². The van der Waals surface area contributed by atoms with Gasteiger partial charge < -0.3 is 5.32 Å². The number of rotatable bonds is 6. The molecule has 0 saturated heterocycles. The van der Waals surface area contributed by atoms with Crippen LogP contribution in [0.5, 0.6) is 0 Å².